The van der Waals surface area contributed by atoms with Gasteiger partial charge in [0.25, 0.3) is 0 Å². The Morgan fingerprint density at radius 1 is 1.07 bits per heavy atom. The highest BCUT2D eigenvalue weighted by atomic mass is 35.5. The highest BCUT2D eigenvalue weighted by Gasteiger charge is 2.36. The topological polar surface area (TPSA) is 66.5 Å². The summed E-state index contributed by atoms with van der Waals surface area (Å²) in [5.74, 6) is -1.84. The SMILES string of the molecule is O=C(Nc1ccc(Cl)cc1C(F)(F)F)C1CCN(S(=O)(=O)c2ccc(F)cc2)CC1. The molecule has 5 nitrogen and oxygen atoms in total. The molecule has 162 valence electrons. The molecule has 1 heterocycles. The summed E-state index contributed by atoms with van der Waals surface area (Å²) >= 11 is 5.63. The molecule has 1 saturated heterocycles. The minimum absolute atomic E-state index is 0.0184. The van der Waals surface area contributed by atoms with Gasteiger partial charge in [0.2, 0.25) is 15.9 Å². The molecule has 0 radical (unpaired) electrons. The van der Waals surface area contributed by atoms with Crippen molar-refractivity contribution in [1.82, 2.24) is 4.31 Å². The lowest BCUT2D eigenvalue weighted by molar-refractivity contribution is -0.137. The van der Waals surface area contributed by atoms with Gasteiger partial charge in [0.1, 0.15) is 5.82 Å². The molecule has 1 N–H and O–H groups in total. The van der Waals surface area contributed by atoms with E-state index in [1.165, 1.54) is 10.4 Å². The van der Waals surface area contributed by atoms with Crippen LogP contribution in [0.4, 0.5) is 23.2 Å². The number of nitrogens with one attached hydrogen (secondary N) is 1. The Balaban J connectivity index is 1.67. The van der Waals surface area contributed by atoms with Crippen LogP contribution >= 0.6 is 11.6 Å². The Bertz CT molecular complexity index is 1030. The molecule has 11 heteroatoms. The largest absolute Gasteiger partial charge is 0.418 e. The van der Waals surface area contributed by atoms with Crippen LogP contribution in [0.3, 0.4) is 0 Å². The fourth-order valence-electron chi connectivity index (χ4n) is 3.21. The smallest absolute Gasteiger partial charge is 0.325 e. The van der Waals surface area contributed by atoms with E-state index >= 15 is 0 Å². The lowest BCUT2D eigenvalue weighted by atomic mass is 9.97. The maximum Gasteiger partial charge on any atom is 0.418 e. The van der Waals surface area contributed by atoms with Crippen LogP contribution in [0.15, 0.2) is 47.4 Å². The summed E-state index contributed by atoms with van der Waals surface area (Å²) in [4.78, 5) is 12.4. The highest BCUT2D eigenvalue weighted by Crippen LogP contribution is 2.37. The third-order valence-electron chi connectivity index (χ3n) is 4.82. The number of halogens is 5. The first-order valence-electron chi connectivity index (χ1n) is 8.92. The second-order valence-corrected chi connectivity index (χ2v) is 9.18. The van der Waals surface area contributed by atoms with Crippen LogP contribution < -0.4 is 5.32 Å². The van der Waals surface area contributed by atoms with Gasteiger partial charge in [-0.2, -0.15) is 17.5 Å². The van der Waals surface area contributed by atoms with Crippen molar-refractivity contribution < 1.29 is 30.8 Å². The first-order chi connectivity index (χ1) is 14.0. The summed E-state index contributed by atoms with van der Waals surface area (Å²) in [5.41, 5.74) is -1.46. The summed E-state index contributed by atoms with van der Waals surface area (Å²) in [5, 5.41) is 2.17. The van der Waals surface area contributed by atoms with Crippen molar-refractivity contribution in [1.29, 1.82) is 0 Å². The first-order valence-corrected chi connectivity index (χ1v) is 10.7. The molecule has 1 aliphatic rings. The van der Waals surface area contributed by atoms with Gasteiger partial charge in [-0.1, -0.05) is 11.6 Å². The molecule has 0 atom stereocenters. The predicted molar refractivity (Wildman–Crippen MR) is 103 cm³/mol. The molecule has 1 aliphatic heterocycles. The zero-order valence-corrected chi connectivity index (χ0v) is 17.0. The summed E-state index contributed by atoms with van der Waals surface area (Å²) in [6, 6.07) is 7.44. The lowest BCUT2D eigenvalue weighted by Gasteiger charge is -2.30. The molecule has 2 aromatic rings. The van der Waals surface area contributed by atoms with Gasteiger partial charge in [-0.25, -0.2) is 12.8 Å². The second kappa shape index (κ2) is 8.52. The average molecular weight is 465 g/mol. The number of hydrogen-bond acceptors (Lipinski definition) is 3. The average Bonchev–Trinajstić information content (AvgIpc) is 2.69. The van der Waals surface area contributed by atoms with Crippen molar-refractivity contribution in [3.63, 3.8) is 0 Å². The van der Waals surface area contributed by atoms with E-state index in [-0.39, 0.29) is 35.8 Å². The Morgan fingerprint density at radius 3 is 2.23 bits per heavy atom. The maximum atomic E-state index is 13.2. The molecular weight excluding hydrogens is 448 g/mol. The van der Waals surface area contributed by atoms with E-state index in [1.807, 2.05) is 0 Å². The fraction of sp³-hybridized carbons (Fsp3) is 0.316. The van der Waals surface area contributed by atoms with Gasteiger partial charge in [-0.05, 0) is 55.3 Å². The third kappa shape index (κ3) is 4.93. The van der Waals surface area contributed by atoms with E-state index in [1.54, 1.807) is 0 Å². The molecule has 2 aromatic carbocycles. The van der Waals surface area contributed by atoms with Gasteiger partial charge in [-0.3, -0.25) is 4.79 Å². The number of nitrogens with zero attached hydrogens (tertiary/aromatic N) is 1. The van der Waals surface area contributed by atoms with Crippen LogP contribution in [0, 0.1) is 11.7 Å². The van der Waals surface area contributed by atoms with E-state index < -0.39 is 45.1 Å². The number of rotatable bonds is 4. The second-order valence-electron chi connectivity index (χ2n) is 6.81. The van der Waals surface area contributed by atoms with Gasteiger partial charge in [0.05, 0.1) is 16.1 Å². The Labute approximate surface area is 175 Å². The molecular formula is C19H17ClF4N2O3S. The molecule has 0 spiro atoms. The van der Waals surface area contributed by atoms with Gasteiger partial charge >= 0.3 is 6.18 Å². The van der Waals surface area contributed by atoms with Crippen LogP contribution in [-0.2, 0) is 21.0 Å². The third-order valence-corrected chi connectivity index (χ3v) is 6.97. The zero-order chi connectivity index (χ0) is 22.1. The first kappa shape index (κ1) is 22.5. The molecule has 0 unspecified atom stereocenters. The number of alkyl halides is 3. The normalized spacial score (nSPS) is 16.4. The van der Waals surface area contributed by atoms with Crippen LogP contribution in [-0.4, -0.2) is 31.7 Å². The van der Waals surface area contributed by atoms with Crippen molar-refractivity contribution in [3.8, 4) is 0 Å². The molecule has 30 heavy (non-hydrogen) atoms. The Morgan fingerprint density at radius 2 is 1.67 bits per heavy atom. The quantitative estimate of drug-likeness (QED) is 0.676. The molecule has 1 amide bonds. The van der Waals surface area contributed by atoms with Crippen molar-refractivity contribution >= 4 is 33.2 Å². The van der Waals surface area contributed by atoms with Crippen molar-refractivity contribution in [2.75, 3.05) is 18.4 Å². The molecule has 0 aliphatic carbocycles. The number of piperidine rings is 1. The summed E-state index contributed by atoms with van der Waals surface area (Å²) in [7, 11) is -3.85. The summed E-state index contributed by atoms with van der Waals surface area (Å²) < 4.78 is 79.0. The zero-order valence-electron chi connectivity index (χ0n) is 15.4. The van der Waals surface area contributed by atoms with Crippen molar-refractivity contribution in [3.05, 3.63) is 58.9 Å². The number of anilines is 1. The maximum absolute atomic E-state index is 13.2. The predicted octanol–water partition coefficient (Wildman–Crippen LogP) is 4.54. The van der Waals surface area contributed by atoms with Crippen LogP contribution in [0.1, 0.15) is 18.4 Å². The monoisotopic (exact) mass is 464 g/mol. The number of carbonyl (C=O) groups excluding carboxylic acids is 1. The van der Waals surface area contributed by atoms with Gasteiger partial charge in [0, 0.05) is 24.0 Å². The molecule has 0 saturated carbocycles. The molecule has 0 aromatic heterocycles. The molecule has 0 bridgehead atoms. The number of amides is 1. The summed E-state index contributed by atoms with van der Waals surface area (Å²) in [6.07, 6.45) is -4.41. The molecule has 1 fully saturated rings. The van der Waals surface area contributed by atoms with Crippen LogP contribution in [0.25, 0.3) is 0 Å². The van der Waals surface area contributed by atoms with Crippen molar-refractivity contribution in [2.24, 2.45) is 5.92 Å². The highest BCUT2D eigenvalue weighted by molar-refractivity contribution is 7.89. The van der Waals surface area contributed by atoms with Crippen LogP contribution in [0.5, 0.6) is 0 Å². The van der Waals surface area contributed by atoms with E-state index in [0.29, 0.717) is 0 Å². The van der Waals surface area contributed by atoms with Gasteiger partial charge in [0.15, 0.2) is 0 Å². The number of sulfonamides is 1. The number of hydrogen-bond donors (Lipinski definition) is 1. The van der Waals surface area contributed by atoms with Crippen molar-refractivity contribution in [2.45, 2.75) is 23.9 Å². The fourth-order valence-corrected chi connectivity index (χ4v) is 4.85. The summed E-state index contributed by atoms with van der Waals surface area (Å²) in [6.45, 7) is 0.0368. The van der Waals surface area contributed by atoms with Crippen LogP contribution in [0.2, 0.25) is 5.02 Å². The van der Waals surface area contributed by atoms with Gasteiger partial charge in [-0.15, -0.1) is 0 Å². The van der Waals surface area contributed by atoms with Gasteiger partial charge < -0.3 is 5.32 Å². The Kier molecular flexibility index (Phi) is 6.40. The minimum atomic E-state index is -4.69. The van der Waals surface area contributed by atoms with E-state index in [9.17, 15) is 30.8 Å². The number of benzene rings is 2. The van der Waals surface area contributed by atoms with E-state index in [4.69, 9.17) is 11.6 Å². The van der Waals surface area contributed by atoms with E-state index in [0.717, 1.165) is 36.4 Å². The number of carbonyl (C=O) groups is 1. The minimum Gasteiger partial charge on any atom is -0.325 e. The van der Waals surface area contributed by atoms with E-state index in [2.05, 4.69) is 5.32 Å². The molecule has 3 rings (SSSR count). The lowest BCUT2D eigenvalue weighted by Crippen LogP contribution is -2.41. The standard InChI is InChI=1S/C19H17ClF4N2O3S/c20-13-1-6-17(16(11-13)19(22,23)24)25-18(27)12-7-9-26(10-8-12)30(28,29)15-4-2-14(21)3-5-15/h1-6,11-12H,7-10H2,(H,25,27). The Hall–Kier alpha value is -2.17.